The molecule has 2 aromatic rings. The number of halogens is 1. The van der Waals surface area contributed by atoms with E-state index in [0.717, 1.165) is 14.9 Å². The van der Waals surface area contributed by atoms with Crippen molar-refractivity contribution in [2.75, 3.05) is 13.6 Å². The molecule has 0 aliphatic heterocycles. The van der Waals surface area contributed by atoms with Crippen LogP contribution in [0.2, 0.25) is 0 Å². The zero-order chi connectivity index (χ0) is 16.1. The summed E-state index contributed by atoms with van der Waals surface area (Å²) in [6, 6.07) is 8.38. The van der Waals surface area contributed by atoms with E-state index in [1.165, 1.54) is 12.1 Å². The van der Waals surface area contributed by atoms with Crippen LogP contribution >= 0.6 is 27.3 Å². The van der Waals surface area contributed by atoms with Crippen molar-refractivity contribution in [1.29, 1.82) is 0 Å². The lowest BCUT2D eigenvalue weighted by atomic mass is 10.1. The second kappa shape index (κ2) is 7.51. The minimum Gasteiger partial charge on any atom is -0.345 e. The Morgan fingerprint density at radius 3 is 2.59 bits per heavy atom. The number of hydrogen-bond acceptors (Lipinski definition) is 4. The molecule has 0 fully saturated rings. The molecule has 1 aromatic heterocycles. The lowest BCUT2D eigenvalue weighted by Gasteiger charge is -2.16. The quantitative estimate of drug-likeness (QED) is 0.565. The number of non-ortho nitro benzene ring substituents is 1. The molecule has 1 aromatic carbocycles. The molecular weight excluding hydrogens is 368 g/mol. The molecule has 116 valence electrons. The molecule has 0 saturated carbocycles. The molecule has 2 rings (SSSR count). The number of thiophene rings is 1. The average molecular weight is 383 g/mol. The molecule has 0 radical (unpaired) electrons. The maximum atomic E-state index is 12.1. The van der Waals surface area contributed by atoms with Crippen molar-refractivity contribution in [2.24, 2.45) is 0 Å². The number of rotatable bonds is 6. The van der Waals surface area contributed by atoms with Gasteiger partial charge in [-0.25, -0.2) is 0 Å². The summed E-state index contributed by atoms with van der Waals surface area (Å²) in [7, 11) is 1.77. The summed E-state index contributed by atoms with van der Waals surface area (Å²) in [5.41, 5.74) is 1.06. The lowest BCUT2D eigenvalue weighted by Crippen LogP contribution is -2.29. The zero-order valence-electron chi connectivity index (χ0n) is 12.0. The SMILES string of the molecule is CN(CCc1ccc([N+](=O)[O-])cc1)C(=O)Cc1cc(Br)cs1. The van der Waals surface area contributed by atoms with Crippen LogP contribution in [0.3, 0.4) is 0 Å². The maximum absolute atomic E-state index is 12.1. The summed E-state index contributed by atoms with van der Waals surface area (Å²) in [6.07, 6.45) is 1.07. The number of nitro benzene ring substituents is 1. The molecule has 0 aliphatic carbocycles. The third-order valence-corrected chi connectivity index (χ3v) is 4.95. The van der Waals surface area contributed by atoms with Crippen LogP contribution in [-0.4, -0.2) is 29.3 Å². The summed E-state index contributed by atoms with van der Waals surface area (Å²) in [6.45, 7) is 0.586. The van der Waals surface area contributed by atoms with Gasteiger partial charge in [-0.15, -0.1) is 11.3 Å². The van der Waals surface area contributed by atoms with E-state index in [2.05, 4.69) is 15.9 Å². The summed E-state index contributed by atoms with van der Waals surface area (Å²) in [5.74, 6) is 0.0660. The summed E-state index contributed by atoms with van der Waals surface area (Å²) in [4.78, 5) is 25.0. The van der Waals surface area contributed by atoms with Crippen molar-refractivity contribution >= 4 is 38.9 Å². The Labute approximate surface area is 140 Å². The Bertz CT molecular complexity index is 670. The summed E-state index contributed by atoms with van der Waals surface area (Å²) < 4.78 is 0.994. The zero-order valence-corrected chi connectivity index (χ0v) is 14.4. The van der Waals surface area contributed by atoms with Crippen molar-refractivity contribution in [3.05, 3.63) is 60.7 Å². The summed E-state index contributed by atoms with van der Waals surface area (Å²) in [5, 5.41) is 12.6. The van der Waals surface area contributed by atoms with Gasteiger partial charge in [0, 0.05) is 40.5 Å². The van der Waals surface area contributed by atoms with Crippen LogP contribution in [-0.2, 0) is 17.6 Å². The van der Waals surface area contributed by atoms with Crippen LogP contribution in [0.4, 0.5) is 5.69 Å². The Hall–Kier alpha value is -1.73. The third-order valence-electron chi connectivity index (χ3n) is 3.26. The number of nitro groups is 1. The van der Waals surface area contributed by atoms with Gasteiger partial charge in [-0.3, -0.25) is 14.9 Å². The molecule has 1 heterocycles. The van der Waals surface area contributed by atoms with Crippen LogP contribution < -0.4 is 0 Å². The second-order valence-electron chi connectivity index (χ2n) is 4.90. The largest absolute Gasteiger partial charge is 0.345 e. The van der Waals surface area contributed by atoms with Gasteiger partial charge in [0.1, 0.15) is 0 Å². The van der Waals surface area contributed by atoms with E-state index in [1.54, 1.807) is 35.4 Å². The first-order valence-corrected chi connectivity index (χ1v) is 8.33. The molecule has 22 heavy (non-hydrogen) atoms. The maximum Gasteiger partial charge on any atom is 0.269 e. The molecule has 0 bridgehead atoms. The van der Waals surface area contributed by atoms with Crippen molar-refractivity contribution in [3.63, 3.8) is 0 Å². The number of nitrogens with zero attached hydrogens (tertiary/aromatic N) is 2. The van der Waals surface area contributed by atoms with Crippen LogP contribution in [0, 0.1) is 10.1 Å². The molecule has 1 amide bonds. The summed E-state index contributed by atoms with van der Waals surface area (Å²) >= 11 is 4.93. The average Bonchev–Trinajstić information content (AvgIpc) is 2.90. The number of hydrogen-bond donors (Lipinski definition) is 0. The number of carbonyl (C=O) groups is 1. The van der Waals surface area contributed by atoms with E-state index < -0.39 is 4.92 Å². The molecule has 0 unspecified atom stereocenters. The molecule has 7 heteroatoms. The van der Waals surface area contributed by atoms with Gasteiger partial charge >= 0.3 is 0 Å². The Kier molecular flexibility index (Phi) is 5.68. The van der Waals surface area contributed by atoms with E-state index in [0.29, 0.717) is 19.4 Å². The van der Waals surface area contributed by atoms with Gasteiger partial charge in [-0.1, -0.05) is 12.1 Å². The highest BCUT2D eigenvalue weighted by Gasteiger charge is 2.11. The third kappa shape index (κ3) is 4.64. The molecule has 0 spiro atoms. The van der Waals surface area contributed by atoms with Gasteiger partial charge in [-0.2, -0.15) is 0 Å². The smallest absolute Gasteiger partial charge is 0.269 e. The van der Waals surface area contributed by atoms with Gasteiger partial charge in [0.05, 0.1) is 11.3 Å². The Morgan fingerprint density at radius 2 is 2.05 bits per heavy atom. The predicted molar refractivity (Wildman–Crippen MR) is 90.2 cm³/mol. The van der Waals surface area contributed by atoms with Crippen molar-refractivity contribution in [1.82, 2.24) is 4.90 Å². The van der Waals surface area contributed by atoms with Gasteiger partial charge in [-0.05, 0) is 34.0 Å². The van der Waals surface area contributed by atoms with E-state index >= 15 is 0 Å². The molecule has 0 atom stereocenters. The standard InChI is InChI=1S/C15H15BrN2O3S/c1-17(15(19)9-14-8-12(16)10-22-14)7-6-11-2-4-13(5-3-11)18(20)21/h2-5,8,10H,6-7,9H2,1H3. The monoisotopic (exact) mass is 382 g/mol. The fourth-order valence-corrected chi connectivity index (χ4v) is 3.38. The van der Waals surface area contributed by atoms with E-state index in [-0.39, 0.29) is 11.6 Å². The molecule has 5 nitrogen and oxygen atoms in total. The minimum atomic E-state index is -0.418. The van der Waals surface area contributed by atoms with Crippen LogP contribution in [0.5, 0.6) is 0 Å². The fraction of sp³-hybridized carbons (Fsp3) is 0.267. The minimum absolute atomic E-state index is 0.0660. The first-order chi connectivity index (χ1) is 10.5. The number of likely N-dealkylation sites (N-methyl/N-ethyl adjacent to an activating group) is 1. The van der Waals surface area contributed by atoms with Crippen LogP contribution in [0.25, 0.3) is 0 Å². The van der Waals surface area contributed by atoms with Crippen LogP contribution in [0.1, 0.15) is 10.4 Å². The molecule has 0 N–H and O–H groups in total. The van der Waals surface area contributed by atoms with E-state index in [9.17, 15) is 14.9 Å². The second-order valence-corrected chi connectivity index (χ2v) is 6.81. The van der Waals surface area contributed by atoms with Gasteiger partial charge in [0.15, 0.2) is 0 Å². The molecular formula is C15H15BrN2O3S. The number of benzene rings is 1. The van der Waals surface area contributed by atoms with Crippen molar-refractivity contribution < 1.29 is 9.72 Å². The molecule has 0 saturated heterocycles. The fourth-order valence-electron chi connectivity index (χ4n) is 1.94. The Balaban J connectivity index is 1.85. The highest BCUT2D eigenvalue weighted by Crippen LogP contribution is 2.20. The van der Waals surface area contributed by atoms with E-state index in [4.69, 9.17) is 0 Å². The predicted octanol–water partition coefficient (Wildman–Crippen LogP) is 3.66. The van der Waals surface area contributed by atoms with Gasteiger partial charge in [0.2, 0.25) is 5.91 Å². The number of carbonyl (C=O) groups excluding carboxylic acids is 1. The lowest BCUT2D eigenvalue weighted by molar-refractivity contribution is -0.384. The first-order valence-electron chi connectivity index (χ1n) is 6.66. The Morgan fingerprint density at radius 1 is 1.36 bits per heavy atom. The normalized spacial score (nSPS) is 10.5. The van der Waals surface area contributed by atoms with Crippen molar-refractivity contribution in [2.45, 2.75) is 12.8 Å². The van der Waals surface area contributed by atoms with Crippen LogP contribution in [0.15, 0.2) is 40.2 Å². The highest BCUT2D eigenvalue weighted by molar-refractivity contribution is 9.10. The van der Waals surface area contributed by atoms with Crippen molar-refractivity contribution in [3.8, 4) is 0 Å². The first kappa shape index (κ1) is 16.6. The highest BCUT2D eigenvalue weighted by atomic mass is 79.9. The number of amides is 1. The topological polar surface area (TPSA) is 63.4 Å². The van der Waals surface area contributed by atoms with E-state index in [1.807, 2.05) is 11.4 Å². The molecule has 0 aliphatic rings. The van der Waals surface area contributed by atoms with Gasteiger partial charge in [0.25, 0.3) is 5.69 Å². The van der Waals surface area contributed by atoms with Gasteiger partial charge < -0.3 is 4.90 Å².